The van der Waals surface area contributed by atoms with Gasteiger partial charge in [-0.1, -0.05) is 43.3 Å². The van der Waals surface area contributed by atoms with Crippen molar-refractivity contribution in [2.24, 2.45) is 0 Å². The van der Waals surface area contributed by atoms with Crippen molar-refractivity contribution in [3.05, 3.63) is 48.0 Å². The van der Waals surface area contributed by atoms with Gasteiger partial charge in [0.2, 0.25) is 0 Å². The summed E-state index contributed by atoms with van der Waals surface area (Å²) >= 11 is 0. The second-order valence-electron chi connectivity index (χ2n) is 4.06. The minimum atomic E-state index is -0.337. The Morgan fingerprint density at radius 3 is 2.53 bits per heavy atom. The van der Waals surface area contributed by atoms with Gasteiger partial charge in [0.15, 0.2) is 5.78 Å². The minimum absolute atomic E-state index is 0.0563. The first-order chi connectivity index (χ1) is 8.26. The van der Waals surface area contributed by atoms with Gasteiger partial charge >= 0.3 is 0 Å². The molecule has 0 N–H and O–H groups in total. The highest BCUT2D eigenvalue weighted by atomic mass is 16.5. The Morgan fingerprint density at radius 2 is 1.88 bits per heavy atom. The van der Waals surface area contributed by atoms with Crippen molar-refractivity contribution < 1.29 is 9.53 Å². The van der Waals surface area contributed by atoms with Crippen LogP contribution >= 0.6 is 0 Å². The largest absolute Gasteiger partial charge is 0.373 e. The number of carbonyl (C=O) groups is 1. The van der Waals surface area contributed by atoms with E-state index in [0.717, 1.165) is 16.3 Å². The van der Waals surface area contributed by atoms with E-state index in [2.05, 4.69) is 0 Å². The fourth-order valence-corrected chi connectivity index (χ4v) is 1.99. The average Bonchev–Trinajstić information content (AvgIpc) is 2.39. The molecule has 2 aromatic rings. The van der Waals surface area contributed by atoms with E-state index in [0.29, 0.717) is 6.42 Å². The molecule has 0 saturated carbocycles. The van der Waals surface area contributed by atoms with Gasteiger partial charge in [-0.15, -0.1) is 0 Å². The van der Waals surface area contributed by atoms with Gasteiger partial charge in [0, 0.05) is 12.7 Å². The molecule has 0 aliphatic heterocycles. The van der Waals surface area contributed by atoms with Crippen molar-refractivity contribution in [3.63, 3.8) is 0 Å². The zero-order valence-corrected chi connectivity index (χ0v) is 10.1. The van der Waals surface area contributed by atoms with Crippen LogP contribution in [0.2, 0.25) is 0 Å². The van der Waals surface area contributed by atoms with Crippen molar-refractivity contribution in [3.8, 4) is 0 Å². The first-order valence-electron chi connectivity index (χ1n) is 5.82. The van der Waals surface area contributed by atoms with Gasteiger partial charge in [-0.05, 0) is 23.3 Å². The third kappa shape index (κ3) is 2.37. The van der Waals surface area contributed by atoms with Gasteiger partial charge in [0.05, 0.1) is 0 Å². The average molecular weight is 228 g/mol. The number of hydrogen-bond acceptors (Lipinski definition) is 2. The number of rotatable bonds is 4. The standard InChI is InChI=1S/C15H16O2/c1-3-14(17-2)15(16)13-9-8-11-6-4-5-7-12(11)10-13/h4-10,14H,3H2,1-2H3. The molecule has 2 rings (SSSR count). The Hall–Kier alpha value is -1.67. The predicted molar refractivity (Wildman–Crippen MR) is 69.4 cm³/mol. The molecule has 0 bridgehead atoms. The number of ketones is 1. The van der Waals surface area contributed by atoms with E-state index < -0.39 is 0 Å². The molecule has 0 fully saturated rings. The molecule has 0 aliphatic rings. The highest BCUT2D eigenvalue weighted by molar-refractivity contribution is 6.02. The summed E-state index contributed by atoms with van der Waals surface area (Å²) in [4.78, 5) is 12.1. The van der Waals surface area contributed by atoms with Crippen LogP contribution in [0.1, 0.15) is 23.7 Å². The van der Waals surface area contributed by atoms with Crippen LogP contribution in [0.15, 0.2) is 42.5 Å². The summed E-state index contributed by atoms with van der Waals surface area (Å²) in [5.74, 6) is 0.0563. The number of carbonyl (C=O) groups excluding carboxylic acids is 1. The van der Waals surface area contributed by atoms with Crippen LogP contribution in [0.3, 0.4) is 0 Å². The molecule has 1 unspecified atom stereocenters. The van der Waals surface area contributed by atoms with Crippen molar-refractivity contribution in [2.75, 3.05) is 7.11 Å². The number of ether oxygens (including phenoxy) is 1. The molecule has 0 aromatic heterocycles. The summed E-state index contributed by atoms with van der Waals surface area (Å²) in [6.45, 7) is 1.95. The fraction of sp³-hybridized carbons (Fsp3) is 0.267. The summed E-state index contributed by atoms with van der Waals surface area (Å²) < 4.78 is 5.18. The zero-order valence-electron chi connectivity index (χ0n) is 10.1. The molecule has 2 aromatic carbocycles. The Kier molecular flexibility index (Phi) is 3.55. The quantitative estimate of drug-likeness (QED) is 0.749. The maximum atomic E-state index is 12.1. The number of hydrogen-bond donors (Lipinski definition) is 0. The molecule has 2 heteroatoms. The molecule has 0 spiro atoms. The lowest BCUT2D eigenvalue weighted by atomic mass is 10.0. The van der Waals surface area contributed by atoms with Crippen LogP contribution in [0.5, 0.6) is 0 Å². The van der Waals surface area contributed by atoms with Crippen molar-refractivity contribution >= 4 is 16.6 Å². The van der Waals surface area contributed by atoms with E-state index in [1.807, 2.05) is 49.4 Å². The molecular formula is C15H16O2. The first kappa shape index (κ1) is 11.8. The molecule has 0 heterocycles. The zero-order chi connectivity index (χ0) is 12.3. The van der Waals surface area contributed by atoms with Gasteiger partial charge in [0.1, 0.15) is 6.10 Å². The molecule has 0 amide bonds. The van der Waals surface area contributed by atoms with E-state index in [4.69, 9.17) is 4.74 Å². The molecule has 2 nitrogen and oxygen atoms in total. The van der Waals surface area contributed by atoms with Crippen LogP contribution in [0.25, 0.3) is 10.8 Å². The molecule has 88 valence electrons. The highest BCUT2D eigenvalue weighted by Crippen LogP contribution is 2.17. The molecule has 1 atom stereocenters. The van der Waals surface area contributed by atoms with Gasteiger partial charge in [0.25, 0.3) is 0 Å². The molecule has 17 heavy (non-hydrogen) atoms. The number of benzene rings is 2. The Morgan fingerprint density at radius 1 is 1.18 bits per heavy atom. The lowest BCUT2D eigenvalue weighted by Crippen LogP contribution is -2.21. The lowest BCUT2D eigenvalue weighted by molar-refractivity contribution is 0.0596. The first-order valence-corrected chi connectivity index (χ1v) is 5.82. The van der Waals surface area contributed by atoms with E-state index in [-0.39, 0.29) is 11.9 Å². The summed E-state index contributed by atoms with van der Waals surface area (Å²) in [6.07, 6.45) is 0.360. The summed E-state index contributed by atoms with van der Waals surface area (Å²) in [7, 11) is 1.58. The number of Topliss-reactive ketones (excluding diaryl/α,β-unsaturated/α-hetero) is 1. The summed E-state index contributed by atoms with van der Waals surface area (Å²) in [6, 6.07) is 13.8. The molecule has 0 radical (unpaired) electrons. The van der Waals surface area contributed by atoms with Crippen LogP contribution < -0.4 is 0 Å². The van der Waals surface area contributed by atoms with Crippen molar-refractivity contribution in [1.82, 2.24) is 0 Å². The monoisotopic (exact) mass is 228 g/mol. The molecular weight excluding hydrogens is 212 g/mol. The van der Waals surface area contributed by atoms with Crippen LogP contribution in [0, 0.1) is 0 Å². The van der Waals surface area contributed by atoms with Crippen molar-refractivity contribution in [2.45, 2.75) is 19.4 Å². The molecule has 0 saturated heterocycles. The third-order valence-electron chi connectivity index (χ3n) is 2.98. The number of fused-ring (bicyclic) bond motifs is 1. The van der Waals surface area contributed by atoms with Crippen LogP contribution in [-0.2, 0) is 4.74 Å². The van der Waals surface area contributed by atoms with Gasteiger partial charge in [-0.3, -0.25) is 4.79 Å². The third-order valence-corrected chi connectivity index (χ3v) is 2.98. The normalized spacial score (nSPS) is 12.6. The Balaban J connectivity index is 2.39. The van der Waals surface area contributed by atoms with Gasteiger partial charge < -0.3 is 4.74 Å². The maximum absolute atomic E-state index is 12.1. The second-order valence-corrected chi connectivity index (χ2v) is 4.06. The summed E-state index contributed by atoms with van der Waals surface area (Å²) in [5.41, 5.74) is 0.720. The van der Waals surface area contributed by atoms with Gasteiger partial charge in [-0.25, -0.2) is 0 Å². The molecule has 0 aliphatic carbocycles. The van der Waals surface area contributed by atoms with E-state index in [1.54, 1.807) is 7.11 Å². The fourth-order valence-electron chi connectivity index (χ4n) is 1.99. The van der Waals surface area contributed by atoms with E-state index >= 15 is 0 Å². The van der Waals surface area contributed by atoms with Gasteiger partial charge in [-0.2, -0.15) is 0 Å². The maximum Gasteiger partial charge on any atom is 0.191 e. The van der Waals surface area contributed by atoms with E-state index in [1.165, 1.54) is 0 Å². The SMILES string of the molecule is CCC(OC)C(=O)c1ccc2ccccc2c1. The second kappa shape index (κ2) is 5.11. The number of methoxy groups -OCH3 is 1. The predicted octanol–water partition coefficient (Wildman–Crippen LogP) is 3.45. The van der Waals surface area contributed by atoms with E-state index in [9.17, 15) is 4.79 Å². The van der Waals surface area contributed by atoms with Crippen LogP contribution in [0.4, 0.5) is 0 Å². The van der Waals surface area contributed by atoms with Crippen molar-refractivity contribution in [1.29, 1.82) is 0 Å². The minimum Gasteiger partial charge on any atom is -0.373 e. The Bertz CT molecular complexity index is 527. The summed E-state index contributed by atoms with van der Waals surface area (Å²) in [5, 5.41) is 2.24. The lowest BCUT2D eigenvalue weighted by Gasteiger charge is -2.12. The topological polar surface area (TPSA) is 26.3 Å². The van der Waals surface area contributed by atoms with Crippen LogP contribution in [-0.4, -0.2) is 19.0 Å². The Labute approximate surface area is 101 Å². The highest BCUT2D eigenvalue weighted by Gasteiger charge is 2.17. The smallest absolute Gasteiger partial charge is 0.191 e.